The number of rotatable bonds is 4. The molecule has 7 heteroatoms. The van der Waals surface area contributed by atoms with E-state index in [1.807, 2.05) is 5.38 Å². The van der Waals surface area contributed by atoms with E-state index in [4.69, 9.17) is 0 Å². The summed E-state index contributed by atoms with van der Waals surface area (Å²) in [6.45, 7) is 1.72. The van der Waals surface area contributed by atoms with E-state index in [9.17, 15) is 14.9 Å². The quantitative estimate of drug-likeness (QED) is 0.533. The largest absolute Gasteiger partial charge is 0.281 e. The first kappa shape index (κ1) is 13.9. The van der Waals surface area contributed by atoms with Crippen molar-refractivity contribution in [1.29, 1.82) is 0 Å². The fraction of sp³-hybridized carbons (Fsp3) is 0.0769. The van der Waals surface area contributed by atoms with Crippen LogP contribution in [0.2, 0.25) is 0 Å². The van der Waals surface area contributed by atoms with Crippen LogP contribution in [0.15, 0.2) is 46.9 Å². The van der Waals surface area contributed by atoms with Crippen molar-refractivity contribution in [3.05, 3.63) is 62.3 Å². The lowest BCUT2D eigenvalue weighted by molar-refractivity contribution is -0.384. The molecule has 0 aliphatic carbocycles. The molecule has 1 aromatic heterocycles. The summed E-state index contributed by atoms with van der Waals surface area (Å²) in [6, 6.07) is 9.47. The van der Waals surface area contributed by atoms with Gasteiger partial charge in [-0.3, -0.25) is 14.9 Å². The van der Waals surface area contributed by atoms with E-state index in [1.54, 1.807) is 31.2 Å². The molecule has 102 valence electrons. The van der Waals surface area contributed by atoms with Gasteiger partial charge in [-0.1, -0.05) is 6.07 Å². The van der Waals surface area contributed by atoms with Gasteiger partial charge in [0.15, 0.2) is 0 Å². The molecule has 20 heavy (non-hydrogen) atoms. The van der Waals surface area contributed by atoms with Crippen molar-refractivity contribution in [2.24, 2.45) is 5.10 Å². The molecular formula is C13H11N3O3S. The smallest absolute Gasteiger partial charge is 0.266 e. The number of carbonyl (C=O) groups is 1. The molecule has 1 amide bonds. The van der Waals surface area contributed by atoms with Gasteiger partial charge >= 0.3 is 0 Å². The molecule has 1 aromatic carbocycles. The second-order valence-corrected chi connectivity index (χ2v) is 4.87. The van der Waals surface area contributed by atoms with Crippen molar-refractivity contribution in [2.75, 3.05) is 0 Å². The van der Waals surface area contributed by atoms with Crippen molar-refractivity contribution in [3.8, 4) is 0 Å². The van der Waals surface area contributed by atoms with Crippen LogP contribution in [-0.2, 0) is 0 Å². The molecule has 1 N–H and O–H groups in total. The summed E-state index contributed by atoms with van der Waals surface area (Å²) in [7, 11) is 0. The third-order valence-corrected chi connectivity index (χ3v) is 3.43. The molecule has 0 aliphatic heterocycles. The number of hydrogen-bond donors (Lipinski definition) is 1. The Kier molecular flexibility index (Phi) is 4.21. The summed E-state index contributed by atoms with van der Waals surface area (Å²) in [5, 5.41) is 16.3. The second kappa shape index (κ2) is 6.07. The molecule has 6 nitrogen and oxygen atoms in total. The number of hydrazone groups is 1. The summed E-state index contributed by atoms with van der Waals surface area (Å²) in [5.74, 6) is -0.277. The Morgan fingerprint density at radius 2 is 2.00 bits per heavy atom. The molecule has 1 heterocycles. The van der Waals surface area contributed by atoms with Crippen molar-refractivity contribution in [3.63, 3.8) is 0 Å². The van der Waals surface area contributed by atoms with Gasteiger partial charge in [0.05, 0.1) is 15.5 Å². The van der Waals surface area contributed by atoms with Crippen LogP contribution in [0.25, 0.3) is 0 Å². The molecule has 0 spiro atoms. The zero-order chi connectivity index (χ0) is 14.5. The number of nitro groups is 1. The maximum atomic E-state index is 11.7. The molecule has 0 unspecified atom stereocenters. The Morgan fingerprint density at radius 1 is 1.30 bits per heavy atom. The van der Waals surface area contributed by atoms with E-state index in [0.717, 1.165) is 0 Å². The zero-order valence-corrected chi connectivity index (χ0v) is 11.4. The molecule has 2 aromatic rings. The predicted octanol–water partition coefficient (Wildman–Crippen LogP) is 2.81. The van der Waals surface area contributed by atoms with Crippen LogP contribution < -0.4 is 5.43 Å². The minimum atomic E-state index is -0.463. The number of thiophene rings is 1. The van der Waals surface area contributed by atoms with Gasteiger partial charge < -0.3 is 0 Å². The second-order valence-electron chi connectivity index (χ2n) is 3.92. The van der Waals surface area contributed by atoms with Crippen molar-refractivity contribution < 1.29 is 9.72 Å². The van der Waals surface area contributed by atoms with Crippen LogP contribution in [0.3, 0.4) is 0 Å². The number of amides is 1. The van der Waals surface area contributed by atoms with Crippen LogP contribution in [0, 0.1) is 10.1 Å². The highest BCUT2D eigenvalue weighted by atomic mass is 32.1. The molecule has 0 aliphatic rings. The average molecular weight is 289 g/mol. The van der Waals surface area contributed by atoms with Gasteiger partial charge in [0.2, 0.25) is 0 Å². The van der Waals surface area contributed by atoms with Gasteiger partial charge in [-0.05, 0) is 36.1 Å². The van der Waals surface area contributed by atoms with E-state index in [2.05, 4.69) is 10.5 Å². The van der Waals surface area contributed by atoms with Crippen LogP contribution in [0.5, 0.6) is 0 Å². The number of nitro benzene ring substituents is 1. The Morgan fingerprint density at radius 3 is 2.55 bits per heavy atom. The van der Waals surface area contributed by atoms with Crippen LogP contribution in [-0.4, -0.2) is 16.5 Å². The minimum absolute atomic E-state index is 0.0178. The Balaban J connectivity index is 2.06. The van der Waals surface area contributed by atoms with Crippen LogP contribution in [0.4, 0.5) is 5.69 Å². The van der Waals surface area contributed by atoms with Gasteiger partial charge in [-0.15, -0.1) is 11.3 Å². The topological polar surface area (TPSA) is 84.6 Å². The van der Waals surface area contributed by atoms with Gasteiger partial charge in [-0.25, -0.2) is 5.43 Å². The lowest BCUT2D eigenvalue weighted by atomic mass is 10.1. The lowest BCUT2D eigenvalue weighted by Crippen LogP contribution is -2.18. The Hall–Kier alpha value is -2.54. The zero-order valence-electron chi connectivity index (χ0n) is 10.6. The van der Waals surface area contributed by atoms with E-state index < -0.39 is 4.92 Å². The SMILES string of the molecule is CC(=NNC(=O)c1cccs1)c1ccc([N+](=O)[O-])cc1. The highest BCUT2D eigenvalue weighted by molar-refractivity contribution is 7.12. The third kappa shape index (κ3) is 3.27. The standard InChI is InChI=1S/C13H11N3O3S/c1-9(10-4-6-11(7-5-10)16(18)19)14-15-13(17)12-3-2-8-20-12/h2-8H,1H3,(H,15,17). The monoisotopic (exact) mass is 289 g/mol. The number of nitrogens with one attached hydrogen (secondary N) is 1. The molecular weight excluding hydrogens is 278 g/mol. The van der Waals surface area contributed by atoms with E-state index in [0.29, 0.717) is 16.2 Å². The Bertz CT molecular complexity index is 648. The molecule has 0 fully saturated rings. The highest BCUT2D eigenvalue weighted by Crippen LogP contribution is 2.12. The van der Waals surface area contributed by atoms with Crippen LogP contribution in [0.1, 0.15) is 22.2 Å². The van der Waals surface area contributed by atoms with Crippen molar-refractivity contribution in [2.45, 2.75) is 6.92 Å². The predicted molar refractivity (Wildman–Crippen MR) is 77.1 cm³/mol. The van der Waals surface area contributed by atoms with Gasteiger partial charge in [-0.2, -0.15) is 5.10 Å². The van der Waals surface area contributed by atoms with Crippen LogP contribution >= 0.6 is 11.3 Å². The highest BCUT2D eigenvalue weighted by Gasteiger charge is 2.07. The number of non-ortho nitro benzene ring substituents is 1. The Labute approximate surface area is 118 Å². The first-order valence-corrected chi connectivity index (χ1v) is 6.59. The molecule has 0 radical (unpaired) electrons. The molecule has 0 saturated heterocycles. The number of hydrogen-bond acceptors (Lipinski definition) is 5. The molecule has 0 saturated carbocycles. The maximum Gasteiger partial charge on any atom is 0.281 e. The molecule has 2 rings (SSSR count). The van der Waals surface area contributed by atoms with Gasteiger partial charge in [0, 0.05) is 12.1 Å². The third-order valence-electron chi connectivity index (χ3n) is 2.57. The normalized spacial score (nSPS) is 11.2. The fourth-order valence-electron chi connectivity index (χ4n) is 1.49. The summed E-state index contributed by atoms with van der Waals surface area (Å²) in [6.07, 6.45) is 0. The van der Waals surface area contributed by atoms with Crippen molar-refractivity contribution in [1.82, 2.24) is 5.43 Å². The first-order valence-electron chi connectivity index (χ1n) is 5.71. The average Bonchev–Trinajstić information content (AvgIpc) is 2.98. The van der Waals surface area contributed by atoms with E-state index >= 15 is 0 Å². The first-order chi connectivity index (χ1) is 9.58. The summed E-state index contributed by atoms with van der Waals surface area (Å²) >= 11 is 1.33. The van der Waals surface area contributed by atoms with Crippen molar-refractivity contribution >= 4 is 28.6 Å². The maximum absolute atomic E-state index is 11.7. The fourth-order valence-corrected chi connectivity index (χ4v) is 2.10. The van der Waals surface area contributed by atoms with E-state index in [1.165, 1.54) is 23.5 Å². The minimum Gasteiger partial charge on any atom is -0.266 e. The molecule has 0 atom stereocenters. The summed E-state index contributed by atoms with van der Waals surface area (Å²) < 4.78 is 0. The number of carbonyl (C=O) groups excluding carboxylic acids is 1. The summed E-state index contributed by atoms with van der Waals surface area (Å²) in [4.78, 5) is 22.3. The number of benzene rings is 1. The number of nitrogens with zero attached hydrogens (tertiary/aromatic N) is 2. The van der Waals surface area contributed by atoms with E-state index in [-0.39, 0.29) is 11.6 Å². The lowest BCUT2D eigenvalue weighted by Gasteiger charge is -2.01. The summed E-state index contributed by atoms with van der Waals surface area (Å²) in [5.41, 5.74) is 3.75. The van der Waals surface area contributed by atoms with Gasteiger partial charge in [0.25, 0.3) is 11.6 Å². The van der Waals surface area contributed by atoms with Gasteiger partial charge in [0.1, 0.15) is 0 Å². The molecule has 0 bridgehead atoms.